The van der Waals surface area contributed by atoms with Crippen LogP contribution in [0.15, 0.2) is 80.9 Å². The van der Waals surface area contributed by atoms with Crippen molar-refractivity contribution in [3.8, 4) is 5.75 Å². The van der Waals surface area contributed by atoms with Crippen molar-refractivity contribution in [2.45, 2.75) is 102 Å². The van der Waals surface area contributed by atoms with Crippen molar-refractivity contribution < 1.29 is 61.7 Å². The molecule has 1 aliphatic rings. The number of carbonyl (C=O) groups excluding carboxylic acids is 8. The number of fused-ring (bicyclic) bond motifs is 1. The maximum absolute atomic E-state index is 14.3. The lowest BCUT2D eigenvalue weighted by molar-refractivity contribution is -0.393. The summed E-state index contributed by atoms with van der Waals surface area (Å²) in [6.45, 7) is 3.62. The van der Waals surface area contributed by atoms with Gasteiger partial charge in [-0.15, -0.1) is 0 Å². The second-order valence-electron chi connectivity index (χ2n) is 19.5. The molecule has 2 heterocycles. The average molecular weight is 1150 g/mol. The lowest BCUT2D eigenvalue weighted by Gasteiger charge is -2.27. The van der Waals surface area contributed by atoms with E-state index in [9.17, 15) is 67.8 Å². The topological polar surface area (TPSA) is 440 Å². The monoisotopic (exact) mass is 1140 g/mol. The molecule has 440 valence electrons. The molecule has 0 spiro atoms. The second kappa shape index (κ2) is 29.4. The van der Waals surface area contributed by atoms with Crippen molar-refractivity contribution in [3.63, 3.8) is 0 Å². The lowest BCUT2D eigenvalue weighted by atomic mass is 10.0. The molecule has 1 aromatic heterocycles. The Morgan fingerprint density at radius 3 is 2.16 bits per heavy atom. The number of hydrogen-bond donors (Lipinski definition) is 10. The highest BCUT2D eigenvalue weighted by Gasteiger charge is 2.37. The zero-order valence-electron chi connectivity index (χ0n) is 45.2. The van der Waals surface area contributed by atoms with Gasteiger partial charge in [0.15, 0.2) is 5.96 Å². The summed E-state index contributed by atoms with van der Waals surface area (Å²) in [5.41, 5.74) is 14.6. The molecule has 0 unspecified atom stereocenters. The minimum absolute atomic E-state index is 0.00596. The van der Waals surface area contributed by atoms with Crippen LogP contribution in [0.25, 0.3) is 11.0 Å². The first-order chi connectivity index (χ1) is 38.8. The van der Waals surface area contributed by atoms with Gasteiger partial charge in [0.1, 0.15) is 59.1 Å². The van der Waals surface area contributed by atoms with Crippen molar-refractivity contribution in [1.82, 2.24) is 36.8 Å². The van der Waals surface area contributed by atoms with Gasteiger partial charge in [-0.1, -0.05) is 26.0 Å². The minimum atomic E-state index is -1.77. The predicted octanol–water partition coefficient (Wildman–Crippen LogP) is -0.209. The zero-order valence-corrected chi connectivity index (χ0v) is 45.2. The summed E-state index contributed by atoms with van der Waals surface area (Å²) in [6, 6.07) is 5.07. The van der Waals surface area contributed by atoms with Gasteiger partial charge in [-0.05, 0) is 86.4 Å². The SMILES string of the molecule is COc1ccc2c(CC(=O)N3CCC[C@H]3C(=O)N[C@@H](CC(C)C)C(=O)NCC(=O)N[C@@H](Cc3ccc(F)cc3)C(=O)N[C@@H](CNc3ccc([N+](=O)[O-])cc3[N+](=O)[O-])C(=O)N[C@@H](C)C(=O)N[C@@H](CCCN=C(N)N)C(N)=O)cc(=O)oc2c1. The normalized spacial score (nSPS) is 14.7. The van der Waals surface area contributed by atoms with Crippen molar-refractivity contribution in [2.24, 2.45) is 28.1 Å². The highest BCUT2D eigenvalue weighted by Crippen LogP contribution is 2.29. The number of hydrogen-bond acceptors (Lipinski definition) is 17. The Bertz CT molecular complexity index is 3130. The van der Waals surface area contributed by atoms with Crippen LogP contribution in [0.3, 0.4) is 0 Å². The molecule has 82 heavy (non-hydrogen) atoms. The van der Waals surface area contributed by atoms with Gasteiger partial charge in [0.25, 0.3) is 11.4 Å². The Balaban J connectivity index is 1.32. The van der Waals surface area contributed by atoms with Crippen molar-refractivity contribution >= 4 is 81.2 Å². The molecule has 29 nitrogen and oxygen atoms in total. The number of nitro benzene ring substituents is 2. The number of non-ortho nitro benzene ring substituents is 1. The van der Waals surface area contributed by atoms with Crippen LogP contribution in [0.2, 0.25) is 0 Å². The molecular weight excluding hydrogens is 1080 g/mol. The van der Waals surface area contributed by atoms with E-state index in [1.54, 1.807) is 26.0 Å². The minimum Gasteiger partial charge on any atom is -0.497 e. The summed E-state index contributed by atoms with van der Waals surface area (Å²) in [5, 5.41) is 41.4. The van der Waals surface area contributed by atoms with E-state index >= 15 is 0 Å². The molecule has 3 aromatic carbocycles. The third-order valence-corrected chi connectivity index (χ3v) is 12.9. The molecule has 1 aliphatic heterocycles. The van der Waals surface area contributed by atoms with E-state index in [4.69, 9.17) is 26.4 Å². The molecule has 0 radical (unpaired) electrons. The molecule has 4 aromatic rings. The average Bonchev–Trinajstić information content (AvgIpc) is 4.00. The molecular formula is C52H65FN14O15. The van der Waals surface area contributed by atoms with Gasteiger partial charge >= 0.3 is 5.63 Å². The molecule has 1 saturated heterocycles. The number of nitro groups is 2. The number of likely N-dealkylation sites (tertiary alicyclic amines) is 1. The number of halogens is 1. The number of amides is 8. The van der Waals surface area contributed by atoms with Gasteiger partial charge in [0.2, 0.25) is 47.3 Å². The van der Waals surface area contributed by atoms with E-state index in [2.05, 4.69) is 42.2 Å². The van der Waals surface area contributed by atoms with Gasteiger partial charge in [-0.3, -0.25) is 63.6 Å². The largest absolute Gasteiger partial charge is 0.497 e. The van der Waals surface area contributed by atoms with Gasteiger partial charge in [0.05, 0.1) is 36.0 Å². The second-order valence-corrected chi connectivity index (χ2v) is 19.5. The first-order valence-corrected chi connectivity index (χ1v) is 25.8. The van der Waals surface area contributed by atoms with Crippen molar-refractivity contribution in [2.75, 3.05) is 38.6 Å². The van der Waals surface area contributed by atoms with Crippen LogP contribution in [0.5, 0.6) is 5.75 Å². The molecule has 13 N–H and O–H groups in total. The molecule has 30 heteroatoms. The van der Waals surface area contributed by atoms with Gasteiger partial charge < -0.3 is 68.5 Å². The van der Waals surface area contributed by atoms with Crippen LogP contribution in [0.1, 0.15) is 64.0 Å². The van der Waals surface area contributed by atoms with Crippen LogP contribution >= 0.6 is 0 Å². The standard InChI is InChI=1S/C52H65FN14O15/c1-27(2)19-37(63-51(76)40-8-6-18-65(40)44(69)21-30-22-45(70)82-42-24-33(81-4)14-15-34(30)42)48(73)59-26-43(68)61-38(20-29-9-11-31(53)12-10-29)49(74)64-39(25-58-35-16-13-32(66(77)78)23-41(35)67(79)80)50(75)60-28(3)47(72)62-36(46(54)71)7-5-17-57-52(55)56/h9-16,22-24,27-28,36-40,58H,5-8,17-21,25-26H2,1-4H3,(H2,54,71)(H,59,73)(H,60,75)(H,61,68)(H,62,72)(H,63,76)(H,64,74)(H4,55,56,57)/t28-,36-,37-,38-,39-,40-/m0/s1. The number of rotatable bonds is 29. The Kier molecular flexibility index (Phi) is 22.6. The lowest BCUT2D eigenvalue weighted by Crippen LogP contribution is -2.59. The van der Waals surface area contributed by atoms with E-state index in [0.29, 0.717) is 34.7 Å². The van der Waals surface area contributed by atoms with E-state index in [1.165, 1.54) is 43.2 Å². The summed E-state index contributed by atoms with van der Waals surface area (Å²) < 4.78 is 24.6. The number of methoxy groups -OCH3 is 1. The Labute approximate surface area is 467 Å². The number of guanidine groups is 1. The predicted molar refractivity (Wildman–Crippen MR) is 293 cm³/mol. The molecule has 0 bridgehead atoms. The number of aliphatic imine (C=N–C) groups is 1. The van der Waals surface area contributed by atoms with Crippen LogP contribution in [0.4, 0.5) is 21.5 Å². The molecule has 1 fully saturated rings. The summed E-state index contributed by atoms with van der Waals surface area (Å²) in [5.74, 6) is -7.50. The third-order valence-electron chi connectivity index (χ3n) is 12.9. The van der Waals surface area contributed by atoms with Crippen molar-refractivity contribution in [3.05, 3.63) is 114 Å². The summed E-state index contributed by atoms with van der Waals surface area (Å²) in [6.07, 6.45) is 0.393. The molecule has 0 aliphatic carbocycles. The summed E-state index contributed by atoms with van der Waals surface area (Å²) in [7, 11) is 1.45. The van der Waals surface area contributed by atoms with Crippen LogP contribution in [-0.4, -0.2) is 138 Å². The summed E-state index contributed by atoms with van der Waals surface area (Å²) in [4.78, 5) is 148. The maximum atomic E-state index is 14.3. The maximum Gasteiger partial charge on any atom is 0.336 e. The van der Waals surface area contributed by atoms with Crippen LogP contribution in [0, 0.1) is 32.0 Å². The van der Waals surface area contributed by atoms with E-state index in [0.717, 1.165) is 24.3 Å². The van der Waals surface area contributed by atoms with E-state index in [-0.39, 0.29) is 74.8 Å². The summed E-state index contributed by atoms with van der Waals surface area (Å²) >= 11 is 0. The highest BCUT2D eigenvalue weighted by molar-refractivity contribution is 5.97. The van der Waals surface area contributed by atoms with Gasteiger partial charge in [-0.25, -0.2) is 9.18 Å². The van der Waals surface area contributed by atoms with Crippen LogP contribution < -0.4 is 64.8 Å². The van der Waals surface area contributed by atoms with Crippen molar-refractivity contribution in [1.29, 1.82) is 0 Å². The molecule has 0 saturated carbocycles. The first-order valence-electron chi connectivity index (χ1n) is 25.8. The fourth-order valence-electron chi connectivity index (χ4n) is 8.75. The zero-order chi connectivity index (χ0) is 60.4. The fraction of sp³-hybridized carbons (Fsp3) is 0.423. The number of anilines is 1. The third kappa shape index (κ3) is 18.4. The smallest absolute Gasteiger partial charge is 0.336 e. The number of primary amides is 1. The van der Waals surface area contributed by atoms with Gasteiger partial charge in [-0.2, -0.15) is 0 Å². The van der Waals surface area contributed by atoms with E-state index < -0.39 is 129 Å². The number of ether oxygens (including phenoxy) is 1. The Hall–Kier alpha value is -9.77. The molecule has 5 rings (SSSR count). The number of carbonyl (C=O) groups is 8. The number of nitrogens with two attached hydrogens (primary N) is 3. The Morgan fingerprint density at radius 2 is 1.51 bits per heavy atom. The quantitative estimate of drug-likeness (QED) is 0.00840. The highest BCUT2D eigenvalue weighted by atomic mass is 19.1. The Morgan fingerprint density at radius 1 is 0.817 bits per heavy atom. The molecule has 8 amide bonds. The molecule has 6 atom stereocenters. The first kappa shape index (κ1) is 63.1. The van der Waals surface area contributed by atoms with Gasteiger partial charge in [0, 0.05) is 49.6 Å². The number of benzene rings is 3. The number of nitrogens with zero attached hydrogens (tertiary/aromatic N) is 4. The number of nitrogens with one attached hydrogen (secondary N) is 7. The van der Waals surface area contributed by atoms with Crippen LogP contribution in [-0.2, 0) is 51.2 Å². The van der Waals surface area contributed by atoms with E-state index in [1.807, 2.05) is 0 Å². The fourth-order valence-corrected chi connectivity index (χ4v) is 8.75.